The highest BCUT2D eigenvalue weighted by Gasteiger charge is 2.20. The Morgan fingerprint density at radius 2 is 2.00 bits per heavy atom. The summed E-state index contributed by atoms with van der Waals surface area (Å²) in [4.78, 5) is 21.1. The van der Waals surface area contributed by atoms with Gasteiger partial charge in [0.05, 0.1) is 0 Å². The first kappa shape index (κ1) is 15.7. The Labute approximate surface area is 136 Å². The van der Waals surface area contributed by atoms with Crippen molar-refractivity contribution in [1.29, 1.82) is 0 Å². The molecule has 0 atom stereocenters. The number of nitrogens with one attached hydrogen (secondary N) is 1. The molecule has 2 aliphatic rings. The predicted octanol–water partition coefficient (Wildman–Crippen LogP) is 2.10. The fourth-order valence-corrected chi connectivity index (χ4v) is 4.04. The Morgan fingerprint density at radius 3 is 2.68 bits per heavy atom. The van der Waals surface area contributed by atoms with Gasteiger partial charge in [0.25, 0.3) is 0 Å². The van der Waals surface area contributed by atoms with Gasteiger partial charge in [0, 0.05) is 56.8 Å². The normalized spacial score (nSPS) is 21.0. The van der Waals surface area contributed by atoms with E-state index in [0.29, 0.717) is 12.5 Å². The Kier molecular flexibility index (Phi) is 5.67. The van der Waals surface area contributed by atoms with Crippen LogP contribution >= 0.6 is 11.3 Å². The second-order valence-electron chi connectivity index (χ2n) is 6.30. The van der Waals surface area contributed by atoms with E-state index in [-0.39, 0.29) is 5.91 Å². The summed E-state index contributed by atoms with van der Waals surface area (Å²) < 4.78 is 0. The highest BCUT2D eigenvalue weighted by molar-refractivity contribution is 7.13. The van der Waals surface area contributed by atoms with Crippen molar-refractivity contribution in [2.75, 3.05) is 37.6 Å². The van der Waals surface area contributed by atoms with E-state index in [1.165, 1.54) is 19.3 Å². The van der Waals surface area contributed by atoms with Crippen LogP contribution in [0.15, 0.2) is 11.6 Å². The number of piperazine rings is 1. The molecule has 0 bridgehead atoms. The van der Waals surface area contributed by atoms with Gasteiger partial charge >= 0.3 is 0 Å². The average Bonchev–Trinajstić information content (AvgIpc) is 3.09. The summed E-state index contributed by atoms with van der Waals surface area (Å²) >= 11 is 1.70. The number of anilines is 1. The molecule has 0 aromatic carbocycles. The van der Waals surface area contributed by atoms with Crippen LogP contribution in [0.25, 0.3) is 0 Å². The van der Waals surface area contributed by atoms with Crippen molar-refractivity contribution in [3.05, 3.63) is 11.6 Å². The van der Waals surface area contributed by atoms with E-state index < -0.39 is 0 Å². The van der Waals surface area contributed by atoms with Crippen molar-refractivity contribution in [2.24, 2.45) is 0 Å². The maximum atomic E-state index is 12.0. The zero-order valence-electron chi connectivity index (χ0n) is 13.2. The van der Waals surface area contributed by atoms with Crippen LogP contribution in [-0.2, 0) is 4.79 Å². The Morgan fingerprint density at radius 1 is 1.23 bits per heavy atom. The summed E-state index contributed by atoms with van der Waals surface area (Å²) in [6, 6.07) is 0.433. The van der Waals surface area contributed by atoms with Gasteiger partial charge in [0.2, 0.25) is 5.91 Å². The van der Waals surface area contributed by atoms with Crippen LogP contribution in [0, 0.1) is 0 Å². The maximum absolute atomic E-state index is 12.0. The standard InChI is InChI=1S/C16H26N4OS/c21-15(18-14-4-2-1-3-5-14)6-8-19-9-11-20(12-10-19)16-17-7-13-22-16/h7,13-14H,1-6,8-12H2,(H,18,21). The number of hydrogen-bond acceptors (Lipinski definition) is 5. The molecule has 2 heterocycles. The summed E-state index contributed by atoms with van der Waals surface area (Å²) in [6.45, 7) is 4.95. The molecular formula is C16H26N4OS. The van der Waals surface area contributed by atoms with Gasteiger partial charge in [-0.3, -0.25) is 9.69 Å². The summed E-state index contributed by atoms with van der Waals surface area (Å²) in [6.07, 6.45) is 8.69. The third kappa shape index (κ3) is 4.43. The van der Waals surface area contributed by atoms with Gasteiger partial charge < -0.3 is 10.2 Å². The average molecular weight is 322 g/mol. The van der Waals surface area contributed by atoms with Crippen LogP contribution in [0.2, 0.25) is 0 Å². The van der Waals surface area contributed by atoms with Crippen LogP contribution in [-0.4, -0.2) is 54.6 Å². The van der Waals surface area contributed by atoms with E-state index in [1.54, 1.807) is 11.3 Å². The number of aromatic nitrogens is 1. The summed E-state index contributed by atoms with van der Waals surface area (Å²) in [5, 5.41) is 6.35. The van der Waals surface area contributed by atoms with Gasteiger partial charge in [0.1, 0.15) is 0 Å². The lowest BCUT2D eigenvalue weighted by Crippen LogP contribution is -2.47. The molecule has 0 spiro atoms. The molecule has 1 amide bonds. The first-order valence-electron chi connectivity index (χ1n) is 8.47. The van der Waals surface area contributed by atoms with Crippen molar-refractivity contribution in [1.82, 2.24) is 15.2 Å². The summed E-state index contributed by atoms with van der Waals surface area (Å²) in [5.41, 5.74) is 0. The SMILES string of the molecule is O=C(CCN1CCN(c2nccs2)CC1)NC1CCCCC1. The first-order valence-corrected chi connectivity index (χ1v) is 9.35. The van der Waals surface area contributed by atoms with Crippen molar-refractivity contribution >= 4 is 22.4 Å². The number of carbonyl (C=O) groups is 1. The topological polar surface area (TPSA) is 48.5 Å². The van der Waals surface area contributed by atoms with E-state index in [9.17, 15) is 4.79 Å². The lowest BCUT2D eigenvalue weighted by atomic mass is 9.95. The monoisotopic (exact) mass is 322 g/mol. The molecule has 1 saturated heterocycles. The number of carbonyl (C=O) groups excluding carboxylic acids is 1. The minimum absolute atomic E-state index is 0.231. The minimum Gasteiger partial charge on any atom is -0.353 e. The van der Waals surface area contributed by atoms with Gasteiger partial charge in [-0.2, -0.15) is 0 Å². The minimum atomic E-state index is 0.231. The molecule has 2 fully saturated rings. The lowest BCUT2D eigenvalue weighted by Gasteiger charge is -2.34. The van der Waals surface area contributed by atoms with Gasteiger partial charge in [-0.25, -0.2) is 4.98 Å². The molecule has 122 valence electrons. The first-order chi connectivity index (χ1) is 10.8. The molecule has 0 radical (unpaired) electrons. The zero-order valence-corrected chi connectivity index (χ0v) is 14.0. The third-order valence-corrected chi connectivity index (χ3v) is 5.52. The molecule has 1 aliphatic carbocycles. The van der Waals surface area contributed by atoms with E-state index in [1.807, 2.05) is 11.6 Å². The fraction of sp³-hybridized carbons (Fsp3) is 0.750. The molecule has 6 heteroatoms. The van der Waals surface area contributed by atoms with Gasteiger partial charge in [0.15, 0.2) is 5.13 Å². The quantitative estimate of drug-likeness (QED) is 0.902. The maximum Gasteiger partial charge on any atom is 0.221 e. The fourth-order valence-electron chi connectivity index (χ4n) is 3.34. The number of nitrogens with zero attached hydrogens (tertiary/aromatic N) is 3. The number of thiazole rings is 1. The van der Waals surface area contributed by atoms with Crippen molar-refractivity contribution in [3.63, 3.8) is 0 Å². The lowest BCUT2D eigenvalue weighted by molar-refractivity contribution is -0.122. The molecule has 3 rings (SSSR count). The zero-order chi connectivity index (χ0) is 15.2. The highest BCUT2D eigenvalue weighted by Crippen LogP contribution is 2.19. The van der Waals surface area contributed by atoms with E-state index >= 15 is 0 Å². The predicted molar refractivity (Wildman–Crippen MR) is 90.4 cm³/mol. The molecule has 1 aromatic rings. The van der Waals surface area contributed by atoms with E-state index in [4.69, 9.17) is 0 Å². The third-order valence-electron chi connectivity index (χ3n) is 4.69. The van der Waals surface area contributed by atoms with Gasteiger partial charge in [-0.15, -0.1) is 11.3 Å². The molecule has 0 unspecified atom stereocenters. The van der Waals surface area contributed by atoms with E-state index in [2.05, 4.69) is 20.1 Å². The molecule has 22 heavy (non-hydrogen) atoms. The van der Waals surface area contributed by atoms with Gasteiger partial charge in [-0.1, -0.05) is 19.3 Å². The van der Waals surface area contributed by atoms with Crippen molar-refractivity contribution in [2.45, 2.75) is 44.6 Å². The number of hydrogen-bond donors (Lipinski definition) is 1. The molecule has 5 nitrogen and oxygen atoms in total. The van der Waals surface area contributed by atoms with E-state index in [0.717, 1.165) is 50.7 Å². The summed E-state index contributed by atoms with van der Waals surface area (Å²) in [5.74, 6) is 0.231. The molecule has 1 aliphatic heterocycles. The Hall–Kier alpha value is -1.14. The van der Waals surface area contributed by atoms with Gasteiger partial charge in [-0.05, 0) is 12.8 Å². The molecular weight excluding hydrogens is 296 g/mol. The van der Waals surface area contributed by atoms with Crippen LogP contribution in [0.4, 0.5) is 5.13 Å². The second-order valence-corrected chi connectivity index (χ2v) is 7.17. The molecule has 1 saturated carbocycles. The van der Waals surface area contributed by atoms with Crippen LogP contribution < -0.4 is 10.2 Å². The molecule has 1 aromatic heterocycles. The number of amides is 1. The largest absolute Gasteiger partial charge is 0.353 e. The summed E-state index contributed by atoms with van der Waals surface area (Å²) in [7, 11) is 0. The molecule has 1 N–H and O–H groups in total. The van der Waals surface area contributed by atoms with Crippen molar-refractivity contribution in [3.8, 4) is 0 Å². The second kappa shape index (κ2) is 7.92. The van der Waals surface area contributed by atoms with Crippen LogP contribution in [0.3, 0.4) is 0 Å². The smallest absolute Gasteiger partial charge is 0.221 e. The highest BCUT2D eigenvalue weighted by atomic mass is 32.1. The Bertz CT molecular complexity index is 451. The van der Waals surface area contributed by atoms with Crippen LogP contribution in [0.1, 0.15) is 38.5 Å². The number of rotatable bonds is 5. The van der Waals surface area contributed by atoms with Crippen molar-refractivity contribution < 1.29 is 4.79 Å². The Balaban J connectivity index is 1.33. The van der Waals surface area contributed by atoms with Crippen LogP contribution in [0.5, 0.6) is 0 Å².